The number of aryl methyl sites for hydroxylation is 1. The van der Waals surface area contributed by atoms with Gasteiger partial charge in [0.15, 0.2) is 0 Å². The minimum atomic E-state index is -4.50. The lowest BCUT2D eigenvalue weighted by Gasteiger charge is -2.15. The van der Waals surface area contributed by atoms with Gasteiger partial charge in [-0.2, -0.15) is 13.2 Å². The normalized spacial score (nSPS) is 11.4. The van der Waals surface area contributed by atoms with E-state index in [0.717, 1.165) is 12.1 Å². The van der Waals surface area contributed by atoms with Crippen LogP contribution in [0, 0.1) is 6.92 Å². The molecular formula is C20H14F3NO3. The maximum absolute atomic E-state index is 13.2. The van der Waals surface area contributed by atoms with Crippen LogP contribution in [0.1, 0.15) is 21.5 Å². The number of aromatic hydroxyl groups is 1. The van der Waals surface area contributed by atoms with Gasteiger partial charge in [-0.05, 0) is 59.5 Å². The van der Waals surface area contributed by atoms with E-state index in [9.17, 15) is 28.2 Å². The number of benzene rings is 2. The van der Waals surface area contributed by atoms with Crippen LogP contribution in [-0.4, -0.2) is 21.2 Å². The van der Waals surface area contributed by atoms with Gasteiger partial charge in [0.05, 0.1) is 11.1 Å². The molecule has 0 unspecified atom stereocenters. The summed E-state index contributed by atoms with van der Waals surface area (Å²) in [6.07, 6.45) is -3.16. The predicted molar refractivity (Wildman–Crippen MR) is 93.5 cm³/mol. The Bertz CT molecular complexity index is 1010. The number of carboxylic acid groups (broad SMARTS) is 1. The van der Waals surface area contributed by atoms with Crippen LogP contribution >= 0.6 is 0 Å². The second kappa shape index (κ2) is 6.75. The molecule has 3 aromatic rings. The molecule has 2 N–H and O–H groups in total. The molecule has 0 saturated heterocycles. The van der Waals surface area contributed by atoms with Gasteiger partial charge < -0.3 is 10.2 Å². The van der Waals surface area contributed by atoms with Crippen molar-refractivity contribution in [1.82, 2.24) is 4.98 Å². The Hall–Kier alpha value is -3.35. The average molecular weight is 373 g/mol. The molecule has 0 bridgehead atoms. The van der Waals surface area contributed by atoms with E-state index < -0.39 is 17.7 Å². The number of pyridine rings is 1. The van der Waals surface area contributed by atoms with Gasteiger partial charge >= 0.3 is 12.1 Å². The number of hydrogen-bond acceptors (Lipinski definition) is 3. The highest BCUT2D eigenvalue weighted by Crippen LogP contribution is 2.37. The van der Waals surface area contributed by atoms with Gasteiger partial charge in [0.1, 0.15) is 0 Å². The summed E-state index contributed by atoms with van der Waals surface area (Å²) >= 11 is 0. The standard InChI is InChI=1S/C20H14F3NO3/c1-11-6-14(8-15(7-11)20(21,22)23)16-4-2-12(19(26)27)9-17(16)13-3-5-18(25)24-10-13/h2-10H,1H3,(H,24,25)(H,26,27). The maximum atomic E-state index is 13.2. The second-order valence-corrected chi connectivity index (χ2v) is 6.06. The average Bonchev–Trinajstić information content (AvgIpc) is 2.60. The summed E-state index contributed by atoms with van der Waals surface area (Å²) in [5, 5.41) is 18.6. The summed E-state index contributed by atoms with van der Waals surface area (Å²) in [4.78, 5) is 15.1. The molecule has 0 aliphatic carbocycles. The molecule has 3 rings (SSSR count). The zero-order valence-electron chi connectivity index (χ0n) is 14.1. The number of hydrogen-bond donors (Lipinski definition) is 2. The van der Waals surface area contributed by atoms with E-state index in [1.54, 1.807) is 13.0 Å². The van der Waals surface area contributed by atoms with E-state index >= 15 is 0 Å². The van der Waals surface area contributed by atoms with Gasteiger partial charge in [-0.25, -0.2) is 9.78 Å². The summed E-state index contributed by atoms with van der Waals surface area (Å²) in [5.74, 6) is -1.38. The highest BCUT2D eigenvalue weighted by Gasteiger charge is 2.31. The number of nitrogens with zero attached hydrogens (tertiary/aromatic N) is 1. The first-order valence-corrected chi connectivity index (χ1v) is 7.87. The molecule has 7 heteroatoms. The molecule has 0 atom stereocenters. The molecule has 0 saturated carbocycles. The van der Waals surface area contributed by atoms with Crippen LogP contribution in [0.3, 0.4) is 0 Å². The third kappa shape index (κ3) is 3.92. The number of aromatic nitrogens is 1. The number of rotatable bonds is 3. The first kappa shape index (κ1) is 18.4. The third-order valence-corrected chi connectivity index (χ3v) is 4.04. The summed E-state index contributed by atoms with van der Waals surface area (Å²) in [6, 6.07) is 10.7. The Morgan fingerprint density at radius 1 is 0.963 bits per heavy atom. The topological polar surface area (TPSA) is 70.4 Å². The highest BCUT2D eigenvalue weighted by atomic mass is 19.4. The quantitative estimate of drug-likeness (QED) is 0.666. The van der Waals surface area contributed by atoms with Crippen LogP contribution in [-0.2, 0) is 6.18 Å². The number of alkyl halides is 3. The molecule has 1 aromatic heterocycles. The number of carbonyl (C=O) groups is 1. The van der Waals surface area contributed by atoms with Crippen LogP contribution in [0.5, 0.6) is 5.88 Å². The molecule has 0 spiro atoms. The van der Waals surface area contributed by atoms with Crippen molar-refractivity contribution in [3.63, 3.8) is 0 Å². The Kier molecular flexibility index (Phi) is 4.61. The molecule has 0 radical (unpaired) electrons. The Morgan fingerprint density at radius 3 is 2.30 bits per heavy atom. The van der Waals surface area contributed by atoms with E-state index in [4.69, 9.17) is 0 Å². The van der Waals surface area contributed by atoms with Gasteiger partial charge in [-0.15, -0.1) is 0 Å². The summed E-state index contributed by atoms with van der Waals surface area (Å²) < 4.78 is 39.6. The van der Waals surface area contributed by atoms with Crippen LogP contribution in [0.25, 0.3) is 22.3 Å². The largest absolute Gasteiger partial charge is 0.493 e. The van der Waals surface area contributed by atoms with E-state index in [1.807, 2.05) is 0 Å². The SMILES string of the molecule is Cc1cc(-c2ccc(C(=O)O)cc2-c2ccc(O)nc2)cc(C(F)(F)F)c1. The molecule has 0 aliphatic rings. The molecular weight excluding hydrogens is 359 g/mol. The van der Waals surface area contributed by atoms with Crippen molar-refractivity contribution < 1.29 is 28.2 Å². The molecule has 4 nitrogen and oxygen atoms in total. The zero-order chi connectivity index (χ0) is 19.8. The number of aromatic carboxylic acids is 1. The van der Waals surface area contributed by atoms with Gasteiger partial charge in [-0.3, -0.25) is 0 Å². The van der Waals surface area contributed by atoms with Crippen molar-refractivity contribution in [2.75, 3.05) is 0 Å². The minimum absolute atomic E-state index is 0.00878. The summed E-state index contributed by atoms with van der Waals surface area (Å²) in [5.41, 5.74) is 1.25. The van der Waals surface area contributed by atoms with Crippen molar-refractivity contribution in [2.24, 2.45) is 0 Å². The van der Waals surface area contributed by atoms with Crippen LogP contribution in [0.2, 0.25) is 0 Å². The lowest BCUT2D eigenvalue weighted by molar-refractivity contribution is -0.137. The fourth-order valence-electron chi connectivity index (χ4n) is 2.82. The molecule has 2 aromatic carbocycles. The first-order chi connectivity index (χ1) is 12.6. The summed E-state index contributed by atoms with van der Waals surface area (Å²) in [7, 11) is 0. The molecule has 0 amide bonds. The van der Waals surface area contributed by atoms with Crippen molar-refractivity contribution in [2.45, 2.75) is 13.1 Å². The molecule has 27 heavy (non-hydrogen) atoms. The summed E-state index contributed by atoms with van der Waals surface area (Å²) in [6.45, 7) is 1.56. The van der Waals surface area contributed by atoms with E-state index in [0.29, 0.717) is 27.8 Å². The van der Waals surface area contributed by atoms with Gasteiger partial charge in [0.25, 0.3) is 0 Å². The van der Waals surface area contributed by atoms with Crippen LogP contribution in [0.4, 0.5) is 13.2 Å². The fraction of sp³-hybridized carbons (Fsp3) is 0.100. The minimum Gasteiger partial charge on any atom is -0.493 e. The van der Waals surface area contributed by atoms with Crippen molar-refractivity contribution in [3.8, 4) is 28.1 Å². The lowest BCUT2D eigenvalue weighted by Crippen LogP contribution is -2.05. The zero-order valence-corrected chi connectivity index (χ0v) is 14.1. The van der Waals surface area contributed by atoms with Crippen molar-refractivity contribution in [3.05, 3.63) is 71.4 Å². The van der Waals surface area contributed by atoms with Gasteiger partial charge in [-0.1, -0.05) is 12.1 Å². The van der Waals surface area contributed by atoms with Crippen LogP contribution < -0.4 is 0 Å². The number of halogens is 3. The van der Waals surface area contributed by atoms with E-state index in [2.05, 4.69) is 4.98 Å². The third-order valence-electron chi connectivity index (χ3n) is 4.04. The van der Waals surface area contributed by atoms with E-state index in [1.165, 1.54) is 36.5 Å². The Labute approximate surface area is 152 Å². The molecule has 0 aliphatic heterocycles. The number of carboxylic acids is 1. The smallest absolute Gasteiger partial charge is 0.416 e. The molecule has 0 fully saturated rings. The van der Waals surface area contributed by atoms with Crippen LogP contribution in [0.15, 0.2) is 54.7 Å². The first-order valence-electron chi connectivity index (χ1n) is 7.87. The lowest BCUT2D eigenvalue weighted by atomic mass is 9.91. The van der Waals surface area contributed by atoms with E-state index in [-0.39, 0.29) is 11.4 Å². The van der Waals surface area contributed by atoms with Gasteiger partial charge in [0.2, 0.25) is 5.88 Å². The molecule has 1 heterocycles. The van der Waals surface area contributed by atoms with Crippen molar-refractivity contribution >= 4 is 5.97 Å². The van der Waals surface area contributed by atoms with Gasteiger partial charge in [0, 0.05) is 17.8 Å². The maximum Gasteiger partial charge on any atom is 0.416 e. The Morgan fingerprint density at radius 2 is 1.70 bits per heavy atom. The molecule has 138 valence electrons. The monoisotopic (exact) mass is 373 g/mol. The fourth-order valence-corrected chi connectivity index (χ4v) is 2.82. The second-order valence-electron chi connectivity index (χ2n) is 6.06. The predicted octanol–water partition coefficient (Wildman–Crippen LogP) is 5.15. The highest BCUT2D eigenvalue weighted by molar-refractivity contribution is 5.93. The van der Waals surface area contributed by atoms with Crippen molar-refractivity contribution in [1.29, 1.82) is 0 Å². The Balaban J connectivity index is 2.26.